The Morgan fingerprint density at radius 2 is 1.81 bits per heavy atom. The summed E-state index contributed by atoms with van der Waals surface area (Å²) >= 11 is 0. The van der Waals surface area contributed by atoms with Crippen LogP contribution in [0, 0.1) is 11.6 Å². The molecule has 0 amide bonds. The number of aromatic nitrogens is 2. The lowest BCUT2D eigenvalue weighted by Gasteiger charge is -2.12. The van der Waals surface area contributed by atoms with Crippen molar-refractivity contribution >= 4 is 17.5 Å². The highest BCUT2D eigenvalue weighted by Gasteiger charge is 2.34. The Morgan fingerprint density at radius 1 is 1.10 bits per heavy atom. The molecule has 0 unspecified atom stereocenters. The Bertz CT molecular complexity index is 658. The van der Waals surface area contributed by atoms with E-state index in [1.807, 2.05) is 0 Å². The van der Waals surface area contributed by atoms with Crippen molar-refractivity contribution in [1.82, 2.24) is 9.97 Å². The maximum absolute atomic E-state index is 13.5. The van der Waals surface area contributed by atoms with Gasteiger partial charge in [0, 0.05) is 5.69 Å². The second kappa shape index (κ2) is 5.48. The number of halogens is 5. The summed E-state index contributed by atoms with van der Waals surface area (Å²) < 4.78 is 64.3. The molecule has 0 bridgehead atoms. The number of nitrogens with two attached hydrogens (primary N) is 1. The summed E-state index contributed by atoms with van der Waals surface area (Å²) in [4.78, 5) is 7.06. The Kier molecular flexibility index (Phi) is 3.89. The molecule has 2 aromatic rings. The van der Waals surface area contributed by atoms with Gasteiger partial charge >= 0.3 is 6.18 Å². The van der Waals surface area contributed by atoms with Crippen LogP contribution in [0.5, 0.6) is 0 Å². The minimum atomic E-state index is -4.87. The quantitative estimate of drug-likeness (QED) is 0.462. The Morgan fingerprint density at radius 3 is 2.43 bits per heavy atom. The van der Waals surface area contributed by atoms with Gasteiger partial charge < -0.3 is 5.32 Å². The highest BCUT2D eigenvalue weighted by Crippen LogP contribution is 2.33. The van der Waals surface area contributed by atoms with Crippen LogP contribution in [0.2, 0.25) is 0 Å². The molecule has 1 heterocycles. The van der Waals surface area contributed by atoms with E-state index in [1.54, 1.807) is 0 Å². The molecule has 1 aromatic heterocycles. The van der Waals surface area contributed by atoms with Gasteiger partial charge in [-0.1, -0.05) is 0 Å². The van der Waals surface area contributed by atoms with E-state index in [2.05, 4.69) is 20.7 Å². The van der Waals surface area contributed by atoms with E-state index in [9.17, 15) is 22.0 Å². The first-order valence-electron chi connectivity index (χ1n) is 5.44. The monoisotopic (exact) mass is 305 g/mol. The van der Waals surface area contributed by atoms with Gasteiger partial charge in [0.2, 0.25) is 5.95 Å². The predicted octanol–water partition coefficient (Wildman–Crippen LogP) is 2.80. The third-order valence-corrected chi connectivity index (χ3v) is 2.41. The number of anilines is 3. The standard InChI is InChI=1S/C11H8F5N5/c12-7-2-1-5(3-6(7)11(14,15)16)19-9-8(13)4-18-10(20-9)21-17/h1-4H,17H2,(H2,18,19,20,21). The van der Waals surface area contributed by atoms with Crippen molar-refractivity contribution in [3.05, 3.63) is 41.6 Å². The van der Waals surface area contributed by atoms with E-state index >= 15 is 0 Å². The van der Waals surface area contributed by atoms with Crippen molar-refractivity contribution in [3.63, 3.8) is 0 Å². The minimum Gasteiger partial charge on any atom is -0.338 e. The summed E-state index contributed by atoms with van der Waals surface area (Å²) in [5.41, 5.74) is 0.393. The van der Waals surface area contributed by atoms with Gasteiger partial charge in [-0.15, -0.1) is 0 Å². The van der Waals surface area contributed by atoms with Gasteiger partial charge in [0.25, 0.3) is 0 Å². The first kappa shape index (κ1) is 14.9. The summed E-state index contributed by atoms with van der Waals surface area (Å²) in [6.45, 7) is 0. The number of hydrazine groups is 1. The van der Waals surface area contributed by atoms with Crippen molar-refractivity contribution in [3.8, 4) is 0 Å². The van der Waals surface area contributed by atoms with Crippen molar-refractivity contribution in [2.75, 3.05) is 10.7 Å². The number of nitrogens with one attached hydrogen (secondary N) is 2. The molecule has 5 nitrogen and oxygen atoms in total. The van der Waals surface area contributed by atoms with E-state index in [-0.39, 0.29) is 11.6 Å². The van der Waals surface area contributed by atoms with Crippen LogP contribution < -0.4 is 16.6 Å². The molecule has 0 fully saturated rings. The second-order valence-electron chi connectivity index (χ2n) is 3.85. The third kappa shape index (κ3) is 3.34. The van der Waals surface area contributed by atoms with Gasteiger partial charge in [0.15, 0.2) is 11.6 Å². The van der Waals surface area contributed by atoms with Crippen LogP contribution in [0.25, 0.3) is 0 Å². The SMILES string of the molecule is NNc1ncc(F)c(Nc2ccc(F)c(C(F)(F)F)c2)n1. The summed E-state index contributed by atoms with van der Waals surface area (Å²) in [5, 5.41) is 2.30. The largest absolute Gasteiger partial charge is 0.419 e. The van der Waals surface area contributed by atoms with E-state index in [4.69, 9.17) is 5.84 Å². The van der Waals surface area contributed by atoms with Crippen LogP contribution in [0.1, 0.15) is 5.56 Å². The summed E-state index contributed by atoms with van der Waals surface area (Å²) in [6.07, 6.45) is -4.09. The molecular weight excluding hydrogens is 297 g/mol. The fourth-order valence-electron chi connectivity index (χ4n) is 1.48. The smallest absolute Gasteiger partial charge is 0.338 e. The molecule has 2 rings (SSSR count). The number of alkyl halides is 3. The minimum absolute atomic E-state index is 0.142. The number of nitrogens with zero attached hydrogens (tertiary/aromatic N) is 2. The molecule has 21 heavy (non-hydrogen) atoms. The molecule has 4 N–H and O–H groups in total. The summed E-state index contributed by atoms with van der Waals surface area (Å²) in [6, 6.07) is 2.14. The van der Waals surface area contributed by atoms with Crippen LogP contribution in [-0.4, -0.2) is 9.97 Å². The highest BCUT2D eigenvalue weighted by molar-refractivity contribution is 5.58. The number of nitrogen functional groups attached to an aromatic ring is 1. The summed E-state index contributed by atoms with van der Waals surface area (Å²) in [7, 11) is 0. The molecule has 112 valence electrons. The predicted molar refractivity (Wildman–Crippen MR) is 64.5 cm³/mol. The molecule has 0 radical (unpaired) electrons. The fraction of sp³-hybridized carbons (Fsp3) is 0.0909. The van der Waals surface area contributed by atoms with Gasteiger partial charge in [-0.25, -0.2) is 19.6 Å². The zero-order chi connectivity index (χ0) is 15.6. The van der Waals surface area contributed by atoms with Crippen molar-refractivity contribution in [2.24, 2.45) is 5.84 Å². The lowest BCUT2D eigenvalue weighted by atomic mass is 10.2. The van der Waals surface area contributed by atoms with E-state index < -0.39 is 29.2 Å². The van der Waals surface area contributed by atoms with Gasteiger partial charge in [-0.3, -0.25) is 5.43 Å². The Balaban J connectivity index is 2.36. The topological polar surface area (TPSA) is 75.9 Å². The molecular formula is C11H8F5N5. The van der Waals surface area contributed by atoms with Gasteiger partial charge in [0.1, 0.15) is 5.82 Å². The lowest BCUT2D eigenvalue weighted by Crippen LogP contribution is -2.12. The van der Waals surface area contributed by atoms with Crippen molar-refractivity contribution in [1.29, 1.82) is 0 Å². The zero-order valence-electron chi connectivity index (χ0n) is 10.2. The van der Waals surface area contributed by atoms with Crippen LogP contribution in [0.3, 0.4) is 0 Å². The van der Waals surface area contributed by atoms with Gasteiger partial charge in [-0.2, -0.15) is 18.2 Å². The number of rotatable bonds is 3. The number of hydrogen-bond acceptors (Lipinski definition) is 5. The van der Waals surface area contributed by atoms with E-state index in [1.165, 1.54) is 0 Å². The highest BCUT2D eigenvalue weighted by atomic mass is 19.4. The molecule has 10 heteroatoms. The molecule has 0 spiro atoms. The van der Waals surface area contributed by atoms with Crippen molar-refractivity contribution in [2.45, 2.75) is 6.18 Å². The number of hydrogen-bond donors (Lipinski definition) is 3. The third-order valence-electron chi connectivity index (χ3n) is 2.41. The van der Waals surface area contributed by atoms with Gasteiger partial charge in [-0.05, 0) is 18.2 Å². The molecule has 0 aliphatic rings. The van der Waals surface area contributed by atoms with E-state index in [0.29, 0.717) is 12.1 Å². The Hall–Kier alpha value is -2.49. The summed E-state index contributed by atoms with van der Waals surface area (Å²) in [5.74, 6) is 2.15. The fourth-order valence-corrected chi connectivity index (χ4v) is 1.48. The average Bonchev–Trinajstić information content (AvgIpc) is 2.42. The molecule has 0 aliphatic heterocycles. The zero-order valence-corrected chi connectivity index (χ0v) is 10.2. The average molecular weight is 305 g/mol. The van der Waals surface area contributed by atoms with Gasteiger partial charge in [0.05, 0.1) is 11.8 Å². The molecule has 0 atom stereocenters. The number of benzene rings is 1. The Labute approximate surface area is 115 Å². The lowest BCUT2D eigenvalue weighted by molar-refractivity contribution is -0.139. The normalized spacial score (nSPS) is 11.3. The first-order valence-corrected chi connectivity index (χ1v) is 5.44. The van der Waals surface area contributed by atoms with Crippen LogP contribution in [-0.2, 0) is 6.18 Å². The molecule has 0 aliphatic carbocycles. The maximum Gasteiger partial charge on any atom is 0.419 e. The van der Waals surface area contributed by atoms with Crippen molar-refractivity contribution < 1.29 is 22.0 Å². The molecule has 0 saturated carbocycles. The molecule has 1 aromatic carbocycles. The second-order valence-corrected chi connectivity index (χ2v) is 3.85. The van der Waals surface area contributed by atoms with Crippen LogP contribution in [0.4, 0.5) is 39.4 Å². The maximum atomic E-state index is 13.5. The van der Waals surface area contributed by atoms with Crippen LogP contribution >= 0.6 is 0 Å². The van der Waals surface area contributed by atoms with E-state index in [0.717, 1.165) is 12.3 Å². The van der Waals surface area contributed by atoms with Crippen LogP contribution in [0.15, 0.2) is 24.4 Å². The molecule has 0 saturated heterocycles. The first-order chi connectivity index (χ1) is 9.81.